The molecule has 0 unspecified atom stereocenters. The van der Waals surface area contributed by atoms with Gasteiger partial charge in [-0.1, -0.05) is 40.7 Å². The van der Waals surface area contributed by atoms with Gasteiger partial charge < -0.3 is 5.11 Å². The van der Waals surface area contributed by atoms with E-state index in [1.807, 2.05) is 34.6 Å². The first-order valence-electron chi connectivity index (χ1n) is 8.74. The molecule has 1 aromatic heterocycles. The molecule has 26 heavy (non-hydrogen) atoms. The van der Waals surface area contributed by atoms with Gasteiger partial charge in [-0.3, -0.25) is 0 Å². The highest BCUT2D eigenvalue weighted by Crippen LogP contribution is 2.22. The second-order valence-electron chi connectivity index (χ2n) is 4.59. The van der Waals surface area contributed by atoms with E-state index in [4.69, 9.17) is 5.11 Å². The van der Waals surface area contributed by atoms with Crippen molar-refractivity contribution in [2.45, 2.75) is 45.9 Å². The van der Waals surface area contributed by atoms with Crippen molar-refractivity contribution in [3.8, 4) is 0 Å². The van der Waals surface area contributed by atoms with Crippen LogP contribution in [0.1, 0.15) is 51.4 Å². The van der Waals surface area contributed by atoms with Crippen molar-refractivity contribution in [1.29, 1.82) is 0 Å². The Kier molecular flexibility index (Phi) is 10.9. The Morgan fingerprint density at radius 3 is 2.04 bits per heavy atom. The third kappa shape index (κ3) is 6.15. The van der Waals surface area contributed by atoms with Crippen LogP contribution in [-0.4, -0.2) is 31.0 Å². The molecule has 1 heterocycles. The van der Waals surface area contributed by atoms with Crippen molar-refractivity contribution in [3.63, 3.8) is 0 Å². The molecule has 0 aliphatic carbocycles. The third-order valence-electron chi connectivity index (χ3n) is 3.02. The van der Waals surface area contributed by atoms with Crippen LogP contribution in [0.4, 0.5) is 5.82 Å². The monoisotopic (exact) mass is 380 g/mol. The van der Waals surface area contributed by atoms with Gasteiger partial charge >= 0.3 is 5.97 Å². The summed E-state index contributed by atoms with van der Waals surface area (Å²) in [5.41, 5.74) is 0.0406. The van der Waals surface area contributed by atoms with Crippen LogP contribution in [0.5, 0.6) is 0 Å². The van der Waals surface area contributed by atoms with E-state index < -0.39 is 16.0 Å². The lowest BCUT2D eigenvalue weighted by atomic mass is 10.2. The molecule has 0 saturated carbocycles. The zero-order chi connectivity index (χ0) is 20.2. The standard InChI is InChI=1S/C15H16N2O4S.2C2H6/c1-2-11-17(14-5-3-4-10-16-14)22(20,21)13-8-6-12(7-9-13)15(18)19;2*1-2/h3-10H,2,11H2,1H3,(H,18,19);2*1-2H3. The second kappa shape index (κ2) is 12.0. The Morgan fingerprint density at radius 1 is 1.04 bits per heavy atom. The van der Waals surface area contributed by atoms with Crippen LogP contribution in [0.3, 0.4) is 0 Å². The summed E-state index contributed by atoms with van der Waals surface area (Å²) in [5, 5.41) is 8.88. The molecule has 6 nitrogen and oxygen atoms in total. The van der Waals surface area contributed by atoms with Gasteiger partial charge in [0.2, 0.25) is 0 Å². The molecule has 0 amide bonds. The summed E-state index contributed by atoms with van der Waals surface area (Å²) in [6, 6.07) is 10.2. The molecule has 2 rings (SSSR count). The second-order valence-corrected chi connectivity index (χ2v) is 6.46. The zero-order valence-corrected chi connectivity index (χ0v) is 16.8. The number of nitrogens with zero attached hydrogens (tertiary/aromatic N) is 2. The van der Waals surface area contributed by atoms with Gasteiger partial charge in [0.05, 0.1) is 10.5 Å². The Morgan fingerprint density at radius 2 is 1.62 bits per heavy atom. The van der Waals surface area contributed by atoms with Gasteiger partial charge in [-0.15, -0.1) is 0 Å². The predicted octanol–water partition coefficient (Wildman–Crippen LogP) is 4.44. The maximum atomic E-state index is 12.7. The molecule has 0 saturated heterocycles. The van der Waals surface area contributed by atoms with E-state index in [-0.39, 0.29) is 10.5 Å². The number of benzene rings is 1. The summed E-state index contributed by atoms with van der Waals surface area (Å²) in [6.07, 6.45) is 2.16. The SMILES string of the molecule is CC.CC.CCCN(c1ccccn1)S(=O)(=O)c1ccc(C(=O)O)cc1. The largest absolute Gasteiger partial charge is 0.478 e. The van der Waals surface area contributed by atoms with Crippen molar-refractivity contribution in [3.05, 3.63) is 54.2 Å². The number of carboxylic acid groups (broad SMARTS) is 1. The van der Waals surface area contributed by atoms with Crippen LogP contribution in [-0.2, 0) is 10.0 Å². The number of hydrogen-bond donors (Lipinski definition) is 1. The number of hydrogen-bond acceptors (Lipinski definition) is 4. The van der Waals surface area contributed by atoms with Gasteiger partial charge in [-0.05, 0) is 42.8 Å². The van der Waals surface area contributed by atoms with Crippen LogP contribution in [0.2, 0.25) is 0 Å². The number of carbonyl (C=O) groups is 1. The smallest absolute Gasteiger partial charge is 0.335 e. The third-order valence-corrected chi connectivity index (χ3v) is 4.84. The maximum absolute atomic E-state index is 12.7. The van der Waals surface area contributed by atoms with E-state index in [1.165, 1.54) is 34.8 Å². The number of anilines is 1. The quantitative estimate of drug-likeness (QED) is 0.800. The molecular formula is C19H28N2O4S. The highest BCUT2D eigenvalue weighted by molar-refractivity contribution is 7.92. The molecule has 0 radical (unpaired) electrons. The van der Waals surface area contributed by atoms with Crippen LogP contribution in [0, 0.1) is 0 Å². The van der Waals surface area contributed by atoms with E-state index in [1.54, 1.807) is 18.2 Å². The fraction of sp³-hybridized carbons (Fsp3) is 0.368. The van der Waals surface area contributed by atoms with Crippen molar-refractivity contribution >= 4 is 21.8 Å². The lowest BCUT2D eigenvalue weighted by Crippen LogP contribution is -2.32. The minimum Gasteiger partial charge on any atom is -0.478 e. The first-order valence-corrected chi connectivity index (χ1v) is 10.2. The first kappa shape index (κ1) is 23.6. The van der Waals surface area contributed by atoms with Crippen LogP contribution < -0.4 is 4.31 Å². The summed E-state index contributed by atoms with van der Waals surface area (Å²) >= 11 is 0. The molecule has 0 aliphatic heterocycles. The maximum Gasteiger partial charge on any atom is 0.335 e. The van der Waals surface area contributed by atoms with Gasteiger partial charge in [0.25, 0.3) is 10.0 Å². The molecule has 0 atom stereocenters. The van der Waals surface area contributed by atoms with Crippen molar-refractivity contribution in [2.24, 2.45) is 0 Å². The highest BCUT2D eigenvalue weighted by Gasteiger charge is 2.25. The van der Waals surface area contributed by atoms with Gasteiger partial charge in [0.1, 0.15) is 5.82 Å². The molecule has 0 aliphatic rings. The lowest BCUT2D eigenvalue weighted by Gasteiger charge is -2.22. The topological polar surface area (TPSA) is 87.6 Å². The molecular weight excluding hydrogens is 352 g/mol. The number of aromatic nitrogens is 1. The molecule has 2 aromatic rings. The highest BCUT2D eigenvalue weighted by atomic mass is 32.2. The van der Waals surface area contributed by atoms with Gasteiger partial charge in [-0.25, -0.2) is 22.5 Å². The summed E-state index contributed by atoms with van der Waals surface area (Å²) in [7, 11) is -3.78. The van der Waals surface area contributed by atoms with Crippen molar-refractivity contribution in [2.75, 3.05) is 10.8 Å². The first-order chi connectivity index (χ1) is 12.5. The predicted molar refractivity (Wildman–Crippen MR) is 105 cm³/mol. The number of carboxylic acids is 1. The molecule has 0 fully saturated rings. The van der Waals surface area contributed by atoms with E-state index in [2.05, 4.69) is 4.98 Å². The summed E-state index contributed by atoms with van der Waals surface area (Å²) in [6.45, 7) is 10.2. The lowest BCUT2D eigenvalue weighted by molar-refractivity contribution is 0.0696. The van der Waals surface area contributed by atoms with Gasteiger partial charge in [0.15, 0.2) is 0 Å². The average molecular weight is 381 g/mol. The fourth-order valence-corrected chi connectivity index (χ4v) is 3.47. The minimum atomic E-state index is -3.78. The number of sulfonamides is 1. The minimum absolute atomic E-state index is 0.0385. The normalized spacial score (nSPS) is 9.88. The van der Waals surface area contributed by atoms with Crippen LogP contribution in [0.25, 0.3) is 0 Å². The number of pyridine rings is 1. The van der Waals surface area contributed by atoms with E-state index in [0.29, 0.717) is 18.8 Å². The molecule has 7 heteroatoms. The molecule has 1 N–H and O–H groups in total. The fourth-order valence-electron chi connectivity index (χ4n) is 1.96. The Bertz CT molecular complexity index is 745. The number of aromatic carboxylic acids is 1. The summed E-state index contributed by atoms with van der Waals surface area (Å²) in [5.74, 6) is -0.759. The molecule has 0 spiro atoms. The average Bonchev–Trinajstić information content (AvgIpc) is 2.69. The summed E-state index contributed by atoms with van der Waals surface area (Å²) < 4.78 is 26.7. The van der Waals surface area contributed by atoms with E-state index >= 15 is 0 Å². The zero-order valence-electron chi connectivity index (χ0n) is 16.0. The summed E-state index contributed by atoms with van der Waals surface area (Å²) in [4.78, 5) is 15.0. The van der Waals surface area contributed by atoms with Gasteiger partial charge in [0, 0.05) is 12.7 Å². The van der Waals surface area contributed by atoms with Crippen molar-refractivity contribution in [1.82, 2.24) is 4.98 Å². The molecule has 144 valence electrons. The van der Waals surface area contributed by atoms with Gasteiger partial charge in [-0.2, -0.15) is 0 Å². The molecule has 1 aromatic carbocycles. The Labute approximate surface area is 156 Å². The Balaban J connectivity index is 0.00000146. The molecule has 0 bridgehead atoms. The van der Waals surface area contributed by atoms with E-state index in [0.717, 1.165) is 0 Å². The Hall–Kier alpha value is -2.41. The van der Waals surface area contributed by atoms with E-state index in [9.17, 15) is 13.2 Å². The number of rotatable bonds is 6. The van der Waals surface area contributed by atoms with Crippen LogP contribution >= 0.6 is 0 Å². The van der Waals surface area contributed by atoms with Crippen LogP contribution in [0.15, 0.2) is 53.6 Å². The van der Waals surface area contributed by atoms with Crippen molar-refractivity contribution < 1.29 is 18.3 Å².